The van der Waals surface area contributed by atoms with E-state index in [9.17, 15) is 0 Å². The fourth-order valence-electron chi connectivity index (χ4n) is 2.13. The van der Waals surface area contributed by atoms with Crippen LogP contribution in [0.5, 0.6) is 0 Å². The number of benzene rings is 1. The molecule has 0 bridgehead atoms. The van der Waals surface area contributed by atoms with E-state index in [-0.39, 0.29) is 11.0 Å². The van der Waals surface area contributed by atoms with Gasteiger partial charge in [-0.25, -0.2) is 0 Å². The van der Waals surface area contributed by atoms with Gasteiger partial charge in [-0.3, -0.25) is 0 Å². The Kier molecular flexibility index (Phi) is 3.70. The minimum Gasteiger partial charge on any atom is -0.464 e. The van der Waals surface area contributed by atoms with E-state index in [1.165, 1.54) is 10.9 Å². The smallest absolute Gasteiger partial charge is 0.134 e. The molecule has 0 radical (unpaired) electrons. The number of furan rings is 1. The van der Waals surface area contributed by atoms with Crippen molar-refractivity contribution >= 4 is 11.0 Å². The monoisotopic (exact) mass is 260 g/mol. The lowest BCUT2D eigenvalue weighted by atomic mass is 9.83. The fourth-order valence-corrected chi connectivity index (χ4v) is 2.13. The van der Waals surface area contributed by atoms with Gasteiger partial charge in [-0.15, -0.1) is 0 Å². The third-order valence-corrected chi connectivity index (χ3v) is 3.73. The Labute approximate surface area is 115 Å². The predicted octanol–water partition coefficient (Wildman–Crippen LogP) is 3.04. The highest BCUT2D eigenvalue weighted by atomic mass is 16.3. The van der Waals surface area contributed by atoms with Crippen LogP contribution in [0.15, 0.2) is 34.9 Å². The standard InChI is InChI=1S/C16H24N2O/c1-15(2,11-18-16(3,4)10-17)13-9-19-14-8-6-5-7-12(13)14/h5-9,18H,10-11,17H2,1-4H3. The minimum atomic E-state index is -0.0448. The molecule has 0 aliphatic carbocycles. The van der Waals surface area contributed by atoms with E-state index < -0.39 is 0 Å². The van der Waals surface area contributed by atoms with Crippen LogP contribution < -0.4 is 11.1 Å². The topological polar surface area (TPSA) is 51.2 Å². The second-order valence-corrected chi connectivity index (χ2v) is 6.47. The van der Waals surface area contributed by atoms with Crippen LogP contribution in [-0.4, -0.2) is 18.6 Å². The maximum atomic E-state index is 5.76. The van der Waals surface area contributed by atoms with Crippen LogP contribution in [0.4, 0.5) is 0 Å². The average Bonchev–Trinajstić information content (AvgIpc) is 2.81. The molecule has 0 amide bonds. The largest absolute Gasteiger partial charge is 0.464 e. The summed E-state index contributed by atoms with van der Waals surface area (Å²) in [6, 6.07) is 8.17. The molecule has 0 saturated heterocycles. The molecule has 3 N–H and O–H groups in total. The van der Waals surface area contributed by atoms with Crippen molar-refractivity contribution in [3.8, 4) is 0 Å². The van der Waals surface area contributed by atoms with E-state index >= 15 is 0 Å². The molecule has 1 aromatic heterocycles. The molecule has 19 heavy (non-hydrogen) atoms. The molecular weight excluding hydrogens is 236 g/mol. The third-order valence-electron chi connectivity index (χ3n) is 3.73. The summed E-state index contributed by atoms with van der Waals surface area (Å²) >= 11 is 0. The third kappa shape index (κ3) is 2.99. The Morgan fingerprint density at radius 3 is 2.53 bits per heavy atom. The lowest BCUT2D eigenvalue weighted by Crippen LogP contribution is -2.50. The molecule has 1 aromatic carbocycles. The zero-order valence-electron chi connectivity index (χ0n) is 12.3. The zero-order valence-corrected chi connectivity index (χ0v) is 12.3. The summed E-state index contributed by atoms with van der Waals surface area (Å²) in [4.78, 5) is 0. The van der Waals surface area contributed by atoms with Crippen molar-refractivity contribution in [3.05, 3.63) is 36.1 Å². The first-order valence-electron chi connectivity index (χ1n) is 6.77. The molecule has 0 unspecified atom stereocenters. The van der Waals surface area contributed by atoms with Gasteiger partial charge in [0.2, 0.25) is 0 Å². The van der Waals surface area contributed by atoms with E-state index in [4.69, 9.17) is 10.2 Å². The maximum Gasteiger partial charge on any atom is 0.134 e. The molecule has 0 saturated carbocycles. The SMILES string of the molecule is CC(C)(CN)NCC(C)(C)c1coc2ccccc12. The van der Waals surface area contributed by atoms with Gasteiger partial charge >= 0.3 is 0 Å². The van der Waals surface area contributed by atoms with Crippen LogP contribution in [0.3, 0.4) is 0 Å². The van der Waals surface area contributed by atoms with Gasteiger partial charge in [0.15, 0.2) is 0 Å². The number of nitrogens with one attached hydrogen (secondary N) is 1. The van der Waals surface area contributed by atoms with Crippen molar-refractivity contribution in [1.29, 1.82) is 0 Å². The van der Waals surface area contributed by atoms with Crippen LogP contribution in [0.25, 0.3) is 11.0 Å². The molecule has 104 valence electrons. The second kappa shape index (κ2) is 4.99. The van der Waals surface area contributed by atoms with Crippen molar-refractivity contribution in [2.75, 3.05) is 13.1 Å². The first-order chi connectivity index (χ1) is 8.86. The Morgan fingerprint density at radius 2 is 1.84 bits per heavy atom. The molecule has 0 fully saturated rings. The Bertz CT molecular complexity index is 555. The second-order valence-electron chi connectivity index (χ2n) is 6.47. The highest BCUT2D eigenvalue weighted by Crippen LogP contribution is 2.31. The van der Waals surface area contributed by atoms with E-state index in [2.05, 4.69) is 45.1 Å². The van der Waals surface area contributed by atoms with E-state index in [1.54, 1.807) is 0 Å². The fraction of sp³-hybridized carbons (Fsp3) is 0.500. The summed E-state index contributed by atoms with van der Waals surface area (Å²) < 4.78 is 5.64. The molecule has 1 heterocycles. The van der Waals surface area contributed by atoms with Gasteiger partial charge in [0.1, 0.15) is 5.58 Å². The lowest BCUT2D eigenvalue weighted by molar-refractivity contribution is 0.346. The summed E-state index contributed by atoms with van der Waals surface area (Å²) in [5, 5.41) is 4.73. The number of hydrogen-bond donors (Lipinski definition) is 2. The Hall–Kier alpha value is -1.32. The quantitative estimate of drug-likeness (QED) is 0.868. The van der Waals surface area contributed by atoms with Crippen molar-refractivity contribution in [1.82, 2.24) is 5.32 Å². The van der Waals surface area contributed by atoms with Gasteiger partial charge in [0.05, 0.1) is 6.26 Å². The molecular formula is C16H24N2O. The van der Waals surface area contributed by atoms with Gasteiger partial charge in [-0.2, -0.15) is 0 Å². The van der Waals surface area contributed by atoms with Crippen LogP contribution in [-0.2, 0) is 5.41 Å². The van der Waals surface area contributed by atoms with Crippen LogP contribution >= 0.6 is 0 Å². The lowest BCUT2D eigenvalue weighted by Gasteiger charge is -2.31. The molecule has 3 nitrogen and oxygen atoms in total. The summed E-state index contributed by atoms with van der Waals surface area (Å²) in [6.45, 7) is 10.2. The summed E-state index contributed by atoms with van der Waals surface area (Å²) in [6.07, 6.45) is 1.88. The van der Waals surface area contributed by atoms with Crippen molar-refractivity contribution in [3.63, 3.8) is 0 Å². The van der Waals surface area contributed by atoms with Crippen LogP contribution in [0.2, 0.25) is 0 Å². The Morgan fingerprint density at radius 1 is 1.16 bits per heavy atom. The summed E-state index contributed by atoms with van der Waals surface area (Å²) in [5.41, 5.74) is 7.91. The number of rotatable bonds is 5. The molecule has 0 aliphatic heterocycles. The number of fused-ring (bicyclic) bond motifs is 1. The molecule has 2 rings (SSSR count). The first-order valence-corrected chi connectivity index (χ1v) is 6.77. The van der Waals surface area contributed by atoms with Gasteiger partial charge in [0.25, 0.3) is 0 Å². The summed E-state index contributed by atoms with van der Waals surface area (Å²) in [5.74, 6) is 0. The van der Waals surface area contributed by atoms with E-state index in [1.807, 2.05) is 18.4 Å². The maximum absolute atomic E-state index is 5.76. The number of hydrogen-bond acceptors (Lipinski definition) is 3. The Balaban J connectivity index is 2.24. The molecule has 0 spiro atoms. The summed E-state index contributed by atoms with van der Waals surface area (Å²) in [7, 11) is 0. The van der Waals surface area contributed by atoms with Gasteiger partial charge < -0.3 is 15.5 Å². The highest BCUT2D eigenvalue weighted by molar-refractivity contribution is 5.82. The normalized spacial score (nSPS) is 13.1. The van der Waals surface area contributed by atoms with Crippen LogP contribution in [0.1, 0.15) is 33.3 Å². The van der Waals surface area contributed by atoms with Gasteiger partial charge in [-0.05, 0) is 19.9 Å². The molecule has 3 heteroatoms. The van der Waals surface area contributed by atoms with Gasteiger partial charge in [-0.1, -0.05) is 32.0 Å². The van der Waals surface area contributed by atoms with Crippen molar-refractivity contribution in [2.45, 2.75) is 38.6 Å². The van der Waals surface area contributed by atoms with Crippen LogP contribution in [0, 0.1) is 0 Å². The number of nitrogens with two attached hydrogens (primary N) is 1. The molecule has 0 aliphatic rings. The molecule has 0 atom stereocenters. The molecule has 2 aromatic rings. The number of para-hydroxylation sites is 1. The van der Waals surface area contributed by atoms with Gasteiger partial charge in [0, 0.05) is 35.0 Å². The van der Waals surface area contributed by atoms with Crippen molar-refractivity contribution in [2.24, 2.45) is 5.73 Å². The van der Waals surface area contributed by atoms with Crippen molar-refractivity contribution < 1.29 is 4.42 Å². The van der Waals surface area contributed by atoms with E-state index in [0.717, 1.165) is 12.1 Å². The zero-order chi connectivity index (χ0) is 14.1. The van der Waals surface area contributed by atoms with E-state index in [0.29, 0.717) is 6.54 Å². The predicted molar refractivity (Wildman–Crippen MR) is 80.4 cm³/mol. The average molecular weight is 260 g/mol. The minimum absolute atomic E-state index is 0.000949. The first kappa shape index (κ1) is 14.1. The highest BCUT2D eigenvalue weighted by Gasteiger charge is 2.27.